The Kier molecular flexibility index (Phi) is 12.3. The lowest BCUT2D eigenvalue weighted by Crippen LogP contribution is -2.60. The van der Waals surface area contributed by atoms with E-state index in [2.05, 4.69) is 12.2 Å². The Morgan fingerprint density at radius 1 is 1.09 bits per heavy atom. The topological polar surface area (TPSA) is 75.7 Å². The lowest BCUT2D eigenvalue weighted by molar-refractivity contribution is -0.162. The highest BCUT2D eigenvalue weighted by Crippen LogP contribution is 2.25. The number of unbranched alkanes of at least 4 members (excludes halogenated alkanes) is 1. The molecule has 0 aromatic heterocycles. The molecule has 0 spiro atoms. The highest BCUT2D eigenvalue weighted by molar-refractivity contribution is 5.92. The Hall–Kier alpha value is -2.37. The summed E-state index contributed by atoms with van der Waals surface area (Å²) in [6.07, 6.45) is 7.68. The molecule has 1 aromatic carbocycles. The van der Waals surface area contributed by atoms with Crippen molar-refractivity contribution in [2.75, 3.05) is 6.61 Å². The Labute approximate surface area is 212 Å². The summed E-state index contributed by atoms with van der Waals surface area (Å²) < 4.78 is 5.37. The predicted molar refractivity (Wildman–Crippen MR) is 138 cm³/mol. The number of benzene rings is 1. The summed E-state index contributed by atoms with van der Waals surface area (Å²) in [5.41, 5.74) is 0.933. The van der Waals surface area contributed by atoms with Crippen LogP contribution in [0.3, 0.4) is 0 Å². The second-order valence-electron chi connectivity index (χ2n) is 9.98. The number of amides is 2. The minimum absolute atomic E-state index is 0.107. The van der Waals surface area contributed by atoms with Crippen molar-refractivity contribution in [2.45, 2.75) is 104 Å². The van der Waals surface area contributed by atoms with Gasteiger partial charge in [0.05, 0.1) is 6.61 Å². The van der Waals surface area contributed by atoms with Crippen LogP contribution in [0.4, 0.5) is 0 Å². The van der Waals surface area contributed by atoms with Gasteiger partial charge < -0.3 is 15.0 Å². The molecule has 2 amide bonds. The molecule has 1 unspecified atom stereocenters. The van der Waals surface area contributed by atoms with Gasteiger partial charge in [0.15, 0.2) is 0 Å². The largest absolute Gasteiger partial charge is 0.464 e. The van der Waals surface area contributed by atoms with Crippen molar-refractivity contribution in [3.63, 3.8) is 0 Å². The lowest BCUT2D eigenvalue weighted by Gasteiger charge is -2.40. The first-order valence-electron chi connectivity index (χ1n) is 13.4. The molecule has 1 fully saturated rings. The monoisotopic (exact) mass is 484 g/mol. The van der Waals surface area contributed by atoms with E-state index in [1.807, 2.05) is 44.2 Å². The van der Waals surface area contributed by atoms with Crippen molar-refractivity contribution in [1.82, 2.24) is 10.2 Å². The van der Waals surface area contributed by atoms with Crippen LogP contribution in [0.5, 0.6) is 0 Å². The zero-order valence-electron chi connectivity index (χ0n) is 22.0. The number of carbonyl (C=O) groups is 3. The lowest BCUT2D eigenvalue weighted by atomic mass is 9.92. The fourth-order valence-electron chi connectivity index (χ4n) is 4.90. The summed E-state index contributed by atoms with van der Waals surface area (Å²) in [7, 11) is 0. The molecular weight excluding hydrogens is 440 g/mol. The number of nitrogens with one attached hydrogen (secondary N) is 1. The fraction of sp³-hybridized carbons (Fsp3) is 0.655. The van der Waals surface area contributed by atoms with E-state index >= 15 is 0 Å². The van der Waals surface area contributed by atoms with Crippen molar-refractivity contribution < 1.29 is 19.1 Å². The normalized spacial score (nSPS) is 16.9. The van der Waals surface area contributed by atoms with E-state index in [0.29, 0.717) is 12.8 Å². The molecular formula is C29H44N2O4. The molecule has 35 heavy (non-hydrogen) atoms. The first kappa shape index (κ1) is 28.9. The Balaban J connectivity index is 2.41. The molecule has 1 aliphatic carbocycles. The molecule has 1 aromatic rings. The number of esters is 1. The third-order valence-corrected chi connectivity index (χ3v) is 6.75. The van der Waals surface area contributed by atoms with E-state index in [4.69, 9.17) is 11.7 Å². The maximum absolute atomic E-state index is 13.9. The van der Waals surface area contributed by atoms with Crippen molar-refractivity contribution in [3.8, 4) is 0 Å². The summed E-state index contributed by atoms with van der Waals surface area (Å²) in [6.45, 7) is 14.2. The zero-order valence-corrected chi connectivity index (χ0v) is 22.0. The Bertz CT molecular complexity index is 789. The third-order valence-electron chi connectivity index (χ3n) is 6.75. The van der Waals surface area contributed by atoms with Gasteiger partial charge in [-0.3, -0.25) is 9.59 Å². The van der Waals surface area contributed by atoms with Gasteiger partial charge in [-0.2, -0.15) is 0 Å². The molecule has 6 heteroatoms. The smallest absolute Gasteiger partial charge is 0.329 e. The second-order valence-corrected chi connectivity index (χ2v) is 9.98. The van der Waals surface area contributed by atoms with Crippen LogP contribution in [0, 0.1) is 18.8 Å². The standard InChI is InChI=1S/C29H44N2O4/c1-6-8-19-25(27(32)30-24-17-13-10-14-18-24)31(26(21(3)4)29(34)35-7-2)28(33)22(5)20-23-15-11-9-12-16-23/h5,9,11-12,15-16,21-22,24-26H,6-8,10,13-14,17-20H2,1-4H3,(H,30,32)/t22-,25?,26-/m0/s1. The number of nitrogens with zero attached hydrogens (tertiary/aromatic N) is 1. The minimum atomic E-state index is -0.886. The molecule has 1 saturated carbocycles. The fourth-order valence-corrected chi connectivity index (χ4v) is 4.90. The van der Waals surface area contributed by atoms with E-state index in [1.165, 1.54) is 11.3 Å². The highest BCUT2D eigenvalue weighted by atomic mass is 16.5. The third kappa shape index (κ3) is 8.66. The number of hydrogen-bond acceptors (Lipinski definition) is 4. The van der Waals surface area contributed by atoms with Gasteiger partial charge in [0, 0.05) is 12.0 Å². The van der Waals surface area contributed by atoms with Crippen LogP contribution in [0.1, 0.15) is 84.6 Å². The van der Waals surface area contributed by atoms with Crippen LogP contribution in [-0.4, -0.2) is 47.4 Å². The molecule has 0 saturated heterocycles. The number of hydrogen-bond donors (Lipinski definition) is 1. The van der Waals surface area contributed by atoms with Crippen LogP contribution >= 0.6 is 0 Å². The first-order valence-corrected chi connectivity index (χ1v) is 13.4. The molecule has 2 rings (SSSR count). The van der Waals surface area contributed by atoms with Crippen molar-refractivity contribution in [3.05, 3.63) is 42.8 Å². The summed E-state index contributed by atoms with van der Waals surface area (Å²) in [4.78, 5) is 42.1. The van der Waals surface area contributed by atoms with Crippen LogP contribution < -0.4 is 5.32 Å². The molecule has 2 radical (unpaired) electrons. The molecule has 6 nitrogen and oxygen atoms in total. The van der Waals surface area contributed by atoms with Gasteiger partial charge in [0.2, 0.25) is 11.8 Å². The predicted octanol–water partition coefficient (Wildman–Crippen LogP) is 4.98. The van der Waals surface area contributed by atoms with E-state index in [1.54, 1.807) is 6.92 Å². The van der Waals surface area contributed by atoms with Crippen molar-refractivity contribution in [1.29, 1.82) is 0 Å². The van der Waals surface area contributed by atoms with E-state index in [-0.39, 0.29) is 30.4 Å². The van der Waals surface area contributed by atoms with Crippen molar-refractivity contribution in [2.24, 2.45) is 11.8 Å². The highest BCUT2D eigenvalue weighted by Gasteiger charge is 2.42. The molecule has 0 heterocycles. The molecule has 1 N–H and O–H groups in total. The molecule has 0 aliphatic heterocycles. The van der Waals surface area contributed by atoms with Gasteiger partial charge in [-0.1, -0.05) is 83.2 Å². The molecule has 1 aliphatic rings. The molecule has 0 bridgehead atoms. The van der Waals surface area contributed by atoms with E-state index < -0.39 is 24.0 Å². The quantitative estimate of drug-likeness (QED) is 0.401. The van der Waals surface area contributed by atoms with E-state index in [0.717, 1.165) is 44.1 Å². The van der Waals surface area contributed by atoms with Crippen LogP contribution in [-0.2, 0) is 25.5 Å². The Morgan fingerprint density at radius 2 is 1.74 bits per heavy atom. The van der Waals surface area contributed by atoms with Gasteiger partial charge in [0.1, 0.15) is 12.1 Å². The van der Waals surface area contributed by atoms with Gasteiger partial charge in [-0.05, 0) is 51.0 Å². The number of rotatable bonds is 13. The summed E-state index contributed by atoms with van der Waals surface area (Å²) >= 11 is 0. The van der Waals surface area contributed by atoms with E-state index in [9.17, 15) is 14.4 Å². The van der Waals surface area contributed by atoms with Gasteiger partial charge in [0.25, 0.3) is 0 Å². The number of ether oxygens (including phenoxy) is 1. The van der Waals surface area contributed by atoms with Crippen LogP contribution in [0.15, 0.2) is 30.3 Å². The van der Waals surface area contributed by atoms with Crippen molar-refractivity contribution >= 4 is 17.8 Å². The summed E-state index contributed by atoms with van der Waals surface area (Å²) in [5, 5.41) is 3.19. The minimum Gasteiger partial charge on any atom is -0.464 e. The van der Waals surface area contributed by atoms with Gasteiger partial charge in [-0.15, -0.1) is 0 Å². The van der Waals surface area contributed by atoms with Crippen LogP contribution in [0.25, 0.3) is 0 Å². The number of carbonyl (C=O) groups excluding carboxylic acids is 3. The van der Waals surface area contributed by atoms with Crippen LogP contribution in [0.2, 0.25) is 0 Å². The van der Waals surface area contributed by atoms with Gasteiger partial charge in [-0.25, -0.2) is 4.79 Å². The second kappa shape index (κ2) is 14.9. The molecule has 3 atom stereocenters. The van der Waals surface area contributed by atoms with Gasteiger partial charge >= 0.3 is 5.97 Å². The first-order chi connectivity index (χ1) is 16.8. The maximum atomic E-state index is 13.9. The average molecular weight is 485 g/mol. The zero-order chi connectivity index (χ0) is 25.8. The molecule has 194 valence electrons. The summed E-state index contributed by atoms with van der Waals surface area (Å²) in [6, 6.07) is 8.01. The Morgan fingerprint density at radius 3 is 2.31 bits per heavy atom. The summed E-state index contributed by atoms with van der Waals surface area (Å²) in [5.74, 6) is -2.19. The SMILES string of the molecule is [CH][C@@H](Cc1ccccc1)C(=O)N(C(CCCC)C(=O)NC1CCCCC1)[C@H](C(=O)OCC)C(C)C. The average Bonchev–Trinajstić information content (AvgIpc) is 2.84. The maximum Gasteiger partial charge on any atom is 0.329 e.